The van der Waals surface area contributed by atoms with Crippen molar-refractivity contribution in [1.82, 2.24) is 0 Å². The van der Waals surface area contributed by atoms with Gasteiger partial charge in [0, 0.05) is 5.92 Å². The van der Waals surface area contributed by atoms with Gasteiger partial charge in [0.2, 0.25) is 0 Å². The van der Waals surface area contributed by atoms with Gasteiger partial charge in [0.05, 0.1) is 12.1 Å². The zero-order valence-corrected chi connectivity index (χ0v) is 18.1. The molecule has 1 aromatic rings. The summed E-state index contributed by atoms with van der Waals surface area (Å²) in [5.41, 5.74) is 0.924. The molecule has 3 unspecified atom stereocenters. The Kier molecular flexibility index (Phi) is 5.59. The fourth-order valence-corrected chi connectivity index (χ4v) is 5.30. The van der Waals surface area contributed by atoms with Gasteiger partial charge in [-0.15, -0.1) is 23.2 Å². The first-order valence-electron chi connectivity index (χ1n) is 7.96. The van der Waals surface area contributed by atoms with Gasteiger partial charge in [0.15, 0.2) is 23.1 Å². The zero-order valence-electron chi connectivity index (χ0n) is 14.4. The molecule has 148 valence electrons. The average Bonchev–Trinajstić information content (AvgIpc) is 2.68. The minimum atomic E-state index is -2.00. The highest BCUT2D eigenvalue weighted by molar-refractivity contribution is 6.66. The third kappa shape index (κ3) is 2.73. The first kappa shape index (κ1) is 21.5. The van der Waals surface area contributed by atoms with Crippen molar-refractivity contribution >= 4 is 69.6 Å². The normalized spacial score (nSPS) is 30.1. The Morgan fingerprint density at radius 1 is 1.18 bits per heavy atom. The van der Waals surface area contributed by atoms with Gasteiger partial charge in [-0.05, 0) is 29.7 Å². The number of fused-ring (bicyclic) bond motifs is 1. The fourth-order valence-electron chi connectivity index (χ4n) is 3.62. The highest BCUT2D eigenvalue weighted by Gasteiger charge is 2.68. The minimum absolute atomic E-state index is 0.0296. The quantitative estimate of drug-likeness (QED) is 0.582. The number of allylic oxidation sites excluding steroid dienone is 5. The van der Waals surface area contributed by atoms with Crippen LogP contribution in [-0.2, 0) is 9.59 Å². The molecule has 0 saturated heterocycles. The van der Waals surface area contributed by atoms with Crippen LogP contribution in [0.2, 0.25) is 5.02 Å². The Bertz CT molecular complexity index is 983. The number of ketones is 2. The van der Waals surface area contributed by atoms with Crippen LogP contribution < -0.4 is 4.74 Å². The number of benzene rings is 1. The molecule has 1 aromatic carbocycles. The smallest absolute Gasteiger partial charge is 0.199 e. The van der Waals surface area contributed by atoms with Gasteiger partial charge in [-0.3, -0.25) is 9.59 Å². The SMILES string of the molecule is C=CC1=CCC2(Cl)C(=O)C(Cl)=C(Cl)C(=O)C2(Cl)C1c1cc(Cl)c(O)c(OC)c1. The molecule has 0 heterocycles. The van der Waals surface area contributed by atoms with E-state index in [1.807, 2.05) is 0 Å². The predicted octanol–water partition coefficient (Wildman–Crippen LogP) is 5.45. The highest BCUT2D eigenvalue weighted by atomic mass is 35.5. The molecular formula is C19H13Cl5O4. The van der Waals surface area contributed by atoms with Crippen molar-refractivity contribution in [3.8, 4) is 11.5 Å². The van der Waals surface area contributed by atoms with E-state index < -0.39 is 37.3 Å². The summed E-state index contributed by atoms with van der Waals surface area (Å²) in [6.07, 6.45) is 3.11. The number of alkyl halides is 2. The van der Waals surface area contributed by atoms with Crippen LogP contribution in [0.5, 0.6) is 11.5 Å². The number of hydrogen-bond acceptors (Lipinski definition) is 4. The molecule has 1 N–H and O–H groups in total. The van der Waals surface area contributed by atoms with Crippen molar-refractivity contribution in [2.75, 3.05) is 7.11 Å². The summed E-state index contributed by atoms with van der Waals surface area (Å²) in [5, 5.41) is 9.08. The second kappa shape index (κ2) is 7.26. The molecule has 0 fully saturated rings. The molecule has 4 nitrogen and oxygen atoms in total. The molecule has 3 atom stereocenters. The second-order valence-electron chi connectivity index (χ2n) is 6.40. The molecule has 0 radical (unpaired) electrons. The zero-order chi connectivity index (χ0) is 21.0. The minimum Gasteiger partial charge on any atom is -0.503 e. The van der Waals surface area contributed by atoms with E-state index in [2.05, 4.69) is 6.58 Å². The Morgan fingerprint density at radius 2 is 1.79 bits per heavy atom. The Hall–Kier alpha value is -1.17. The van der Waals surface area contributed by atoms with E-state index >= 15 is 0 Å². The topological polar surface area (TPSA) is 63.6 Å². The van der Waals surface area contributed by atoms with E-state index in [9.17, 15) is 14.7 Å². The molecule has 0 aromatic heterocycles. The van der Waals surface area contributed by atoms with Crippen LogP contribution in [0.3, 0.4) is 0 Å². The number of carbonyl (C=O) groups is 2. The third-order valence-electron chi connectivity index (χ3n) is 5.05. The summed E-state index contributed by atoms with van der Waals surface area (Å²) in [6.45, 7) is 3.76. The van der Waals surface area contributed by atoms with Gasteiger partial charge in [-0.2, -0.15) is 0 Å². The van der Waals surface area contributed by atoms with Crippen LogP contribution in [0.15, 0.2) is 46.5 Å². The summed E-state index contributed by atoms with van der Waals surface area (Å²) in [4.78, 5) is 22.2. The van der Waals surface area contributed by atoms with E-state index in [1.54, 1.807) is 6.08 Å². The number of Topliss-reactive ketones (excluding diaryl/α,β-unsaturated/α-hetero) is 2. The number of phenols is 1. The lowest BCUT2D eigenvalue weighted by atomic mass is 9.62. The van der Waals surface area contributed by atoms with Gasteiger partial charge in [0.1, 0.15) is 19.8 Å². The molecule has 0 saturated carbocycles. The van der Waals surface area contributed by atoms with Crippen molar-refractivity contribution in [2.45, 2.75) is 22.1 Å². The first-order chi connectivity index (χ1) is 13.0. The van der Waals surface area contributed by atoms with Crippen LogP contribution in [0.25, 0.3) is 0 Å². The van der Waals surface area contributed by atoms with Crippen LogP contribution in [0.1, 0.15) is 17.9 Å². The largest absolute Gasteiger partial charge is 0.503 e. The van der Waals surface area contributed by atoms with Crippen molar-refractivity contribution in [3.05, 3.63) is 57.1 Å². The lowest BCUT2D eigenvalue weighted by molar-refractivity contribution is -0.127. The standard InChI is InChI=1S/C19H13Cl5O4/c1-3-8-4-5-18(23)16(26)13(21)14(22)17(27)19(18,24)12(8)9-6-10(20)15(25)11(7-9)28-2/h3-4,6-7,12,25H,1,5H2,2H3. The van der Waals surface area contributed by atoms with E-state index in [0.717, 1.165) is 0 Å². The van der Waals surface area contributed by atoms with Crippen LogP contribution in [0.4, 0.5) is 0 Å². The highest BCUT2D eigenvalue weighted by Crippen LogP contribution is 2.60. The van der Waals surface area contributed by atoms with E-state index in [4.69, 9.17) is 62.7 Å². The molecule has 2 aliphatic carbocycles. The van der Waals surface area contributed by atoms with Gasteiger partial charge in [0.25, 0.3) is 0 Å². The number of ether oxygens (including phenoxy) is 1. The molecule has 0 spiro atoms. The number of hydrogen-bond donors (Lipinski definition) is 1. The number of carbonyl (C=O) groups excluding carboxylic acids is 2. The van der Waals surface area contributed by atoms with Gasteiger partial charge < -0.3 is 9.84 Å². The number of rotatable bonds is 3. The predicted molar refractivity (Wildman–Crippen MR) is 111 cm³/mol. The molecule has 0 amide bonds. The van der Waals surface area contributed by atoms with Crippen LogP contribution in [0, 0.1) is 0 Å². The summed E-state index contributed by atoms with van der Waals surface area (Å²) in [7, 11) is 1.34. The number of aromatic hydroxyl groups is 1. The average molecular weight is 483 g/mol. The van der Waals surface area contributed by atoms with Crippen molar-refractivity contribution in [2.24, 2.45) is 0 Å². The molecule has 3 rings (SSSR count). The summed E-state index contributed by atoms with van der Waals surface area (Å²) < 4.78 is 5.14. The van der Waals surface area contributed by atoms with E-state index in [-0.39, 0.29) is 22.9 Å². The fraction of sp³-hybridized carbons (Fsp3) is 0.263. The molecule has 0 bridgehead atoms. The third-order valence-corrected chi connectivity index (χ3v) is 7.59. The molecule has 28 heavy (non-hydrogen) atoms. The van der Waals surface area contributed by atoms with Crippen LogP contribution >= 0.6 is 58.0 Å². The monoisotopic (exact) mass is 480 g/mol. The maximum atomic E-state index is 13.2. The first-order valence-corrected chi connectivity index (χ1v) is 9.85. The number of halogens is 5. The summed E-state index contributed by atoms with van der Waals surface area (Å²) in [6, 6.07) is 2.88. The van der Waals surface area contributed by atoms with Gasteiger partial charge in [-0.1, -0.05) is 53.5 Å². The van der Waals surface area contributed by atoms with Crippen molar-refractivity contribution in [1.29, 1.82) is 0 Å². The van der Waals surface area contributed by atoms with Crippen molar-refractivity contribution in [3.63, 3.8) is 0 Å². The van der Waals surface area contributed by atoms with Gasteiger partial charge in [-0.25, -0.2) is 0 Å². The lowest BCUT2D eigenvalue weighted by Gasteiger charge is -2.50. The van der Waals surface area contributed by atoms with Gasteiger partial charge >= 0.3 is 0 Å². The molecule has 9 heteroatoms. The number of phenolic OH excluding ortho intramolecular Hbond substituents is 1. The maximum Gasteiger partial charge on any atom is 0.199 e. The van der Waals surface area contributed by atoms with Crippen LogP contribution in [-0.4, -0.2) is 33.5 Å². The molecular weight excluding hydrogens is 469 g/mol. The second-order valence-corrected chi connectivity index (χ2v) is 8.80. The van der Waals surface area contributed by atoms with E-state index in [1.165, 1.54) is 25.3 Å². The summed E-state index contributed by atoms with van der Waals surface area (Å²) in [5.74, 6) is -2.70. The molecule has 0 aliphatic heterocycles. The Labute approximate surface area is 186 Å². The maximum absolute atomic E-state index is 13.2. The van der Waals surface area contributed by atoms with Crippen molar-refractivity contribution < 1.29 is 19.4 Å². The Balaban J connectivity index is 2.36. The molecule has 2 aliphatic rings. The van der Waals surface area contributed by atoms with E-state index in [0.29, 0.717) is 11.1 Å². The lowest BCUT2D eigenvalue weighted by Crippen LogP contribution is -2.64. The summed E-state index contributed by atoms with van der Waals surface area (Å²) >= 11 is 31.7. The number of methoxy groups -OCH3 is 1. The Morgan fingerprint density at radius 3 is 2.36 bits per heavy atom.